The minimum atomic E-state index is -0.963. The van der Waals surface area contributed by atoms with Gasteiger partial charge in [0.15, 0.2) is 0 Å². The summed E-state index contributed by atoms with van der Waals surface area (Å²) in [4.78, 5) is 9.57. The van der Waals surface area contributed by atoms with Gasteiger partial charge in [-0.1, -0.05) is 0 Å². The molecule has 41 valence electrons. The third-order valence-corrected chi connectivity index (χ3v) is 0.390. The zero-order chi connectivity index (χ0) is 5.15. The van der Waals surface area contributed by atoms with Crippen molar-refractivity contribution < 1.29 is 9.90 Å². The van der Waals surface area contributed by atoms with Crippen molar-refractivity contribution in [1.82, 2.24) is 6.15 Å². The first-order valence-corrected chi connectivity index (χ1v) is 1.63. The Morgan fingerprint density at radius 2 is 2.00 bits per heavy atom. The number of aliphatic carboxylic acids is 1. The fourth-order valence-electron chi connectivity index (χ4n) is 0. The summed E-state index contributed by atoms with van der Waals surface area (Å²) >= 11 is 0. The molecule has 0 aromatic rings. The summed E-state index contributed by atoms with van der Waals surface area (Å²) in [6.45, 7) is 1.42. The van der Waals surface area contributed by atoms with Crippen LogP contribution in [0.15, 0.2) is 0 Å². The van der Waals surface area contributed by atoms with Crippen molar-refractivity contribution in [3.63, 3.8) is 0 Å². The first kappa shape index (κ1) is 9.63. The predicted molar refractivity (Wildman–Crippen MR) is 23.4 cm³/mol. The molecule has 0 aromatic carbocycles. The van der Waals surface area contributed by atoms with Crippen LogP contribution in [0.2, 0.25) is 0 Å². The van der Waals surface area contributed by atoms with Gasteiger partial charge in [0, 0.05) is 6.15 Å². The number of rotatable bonds is 1. The molecule has 0 aliphatic carbocycles. The Hall–Kier alpha value is -0.610. The van der Waals surface area contributed by atoms with Crippen molar-refractivity contribution in [3.8, 4) is 0 Å². The largest absolute Gasteiger partial charge is 0.480 e. The molecule has 0 saturated heterocycles. The van der Waals surface area contributed by atoms with Crippen molar-refractivity contribution in [2.45, 2.75) is 13.0 Å². The van der Waals surface area contributed by atoms with Gasteiger partial charge in [0.1, 0.15) is 6.04 Å². The lowest BCUT2D eigenvalue weighted by molar-refractivity contribution is -0.138. The highest BCUT2D eigenvalue weighted by Gasteiger charge is 1.99. The summed E-state index contributed by atoms with van der Waals surface area (Å²) in [6.07, 6.45) is 0. The molecule has 4 heteroatoms. The maximum absolute atomic E-state index is 9.57. The summed E-state index contributed by atoms with van der Waals surface area (Å²) in [5.74, 6) is -0.963. The first-order valence-electron chi connectivity index (χ1n) is 1.63. The fourth-order valence-corrected chi connectivity index (χ4v) is 0. The summed E-state index contributed by atoms with van der Waals surface area (Å²) < 4.78 is 0. The summed E-state index contributed by atoms with van der Waals surface area (Å²) in [7, 11) is 0. The minimum Gasteiger partial charge on any atom is -0.480 e. The molecule has 0 unspecified atom stereocenters. The van der Waals surface area contributed by atoms with Crippen LogP contribution in [0.25, 0.3) is 0 Å². The highest BCUT2D eigenvalue weighted by molar-refractivity contribution is 5.72. The highest BCUT2D eigenvalue weighted by atomic mass is 16.4. The van der Waals surface area contributed by atoms with E-state index >= 15 is 0 Å². The van der Waals surface area contributed by atoms with Crippen molar-refractivity contribution in [2.75, 3.05) is 0 Å². The van der Waals surface area contributed by atoms with Gasteiger partial charge in [0.2, 0.25) is 0 Å². The number of carbonyl (C=O) groups is 1. The van der Waals surface area contributed by atoms with E-state index in [2.05, 4.69) is 0 Å². The SMILES string of the molecule is C[C@H](N)C(=O)O.[N]. The van der Waals surface area contributed by atoms with E-state index in [1.54, 1.807) is 0 Å². The third-order valence-electron chi connectivity index (χ3n) is 0.390. The van der Waals surface area contributed by atoms with E-state index in [-0.39, 0.29) is 6.15 Å². The molecule has 0 aliphatic rings. The molecule has 0 saturated carbocycles. The van der Waals surface area contributed by atoms with Crippen LogP contribution in [0.4, 0.5) is 0 Å². The molecule has 0 amide bonds. The Balaban J connectivity index is 0. The van der Waals surface area contributed by atoms with Gasteiger partial charge in [-0.05, 0) is 6.92 Å². The maximum Gasteiger partial charge on any atom is 0.320 e. The molecular weight excluding hydrogens is 96.0 g/mol. The van der Waals surface area contributed by atoms with Crippen LogP contribution in [0.3, 0.4) is 0 Å². The second kappa shape index (κ2) is 3.58. The van der Waals surface area contributed by atoms with Gasteiger partial charge >= 0.3 is 5.97 Å². The summed E-state index contributed by atoms with van der Waals surface area (Å²) in [5.41, 5.74) is 4.84. The fraction of sp³-hybridized carbons (Fsp3) is 0.667. The lowest BCUT2D eigenvalue weighted by atomic mass is 10.4. The minimum absolute atomic E-state index is 0. The van der Waals surface area contributed by atoms with E-state index in [1.165, 1.54) is 6.92 Å². The lowest BCUT2D eigenvalue weighted by Gasteiger charge is -1.90. The Morgan fingerprint density at radius 1 is 1.86 bits per heavy atom. The van der Waals surface area contributed by atoms with Gasteiger partial charge in [0.25, 0.3) is 0 Å². The second-order valence-corrected chi connectivity index (χ2v) is 1.13. The van der Waals surface area contributed by atoms with Crippen LogP contribution >= 0.6 is 0 Å². The molecule has 0 bridgehead atoms. The average molecular weight is 103 g/mol. The Labute approximate surface area is 41.9 Å². The molecular formula is C3H7N2O2. The molecule has 0 heterocycles. The van der Waals surface area contributed by atoms with E-state index in [4.69, 9.17) is 10.8 Å². The zero-order valence-corrected chi connectivity index (χ0v) is 3.96. The predicted octanol–water partition coefficient (Wildman–Crippen LogP) is -1.06. The molecule has 0 aromatic heterocycles. The van der Waals surface area contributed by atoms with E-state index in [0.717, 1.165) is 0 Å². The Morgan fingerprint density at radius 3 is 2.00 bits per heavy atom. The van der Waals surface area contributed by atoms with Crippen LogP contribution in [0.1, 0.15) is 6.92 Å². The Bertz CT molecular complexity index is 62.0. The van der Waals surface area contributed by atoms with E-state index in [9.17, 15) is 4.79 Å². The smallest absolute Gasteiger partial charge is 0.320 e. The third kappa shape index (κ3) is 5.39. The van der Waals surface area contributed by atoms with E-state index in [0.29, 0.717) is 0 Å². The highest BCUT2D eigenvalue weighted by Crippen LogP contribution is 1.68. The molecule has 0 spiro atoms. The molecule has 7 heavy (non-hydrogen) atoms. The topological polar surface area (TPSA) is 93.8 Å². The first-order chi connectivity index (χ1) is 2.64. The molecule has 4 nitrogen and oxygen atoms in total. The normalized spacial score (nSPS) is 11.7. The molecule has 3 N–H and O–H groups in total. The Kier molecular flexibility index (Phi) is 4.92. The van der Waals surface area contributed by atoms with Gasteiger partial charge in [-0.3, -0.25) is 4.79 Å². The monoisotopic (exact) mass is 103 g/mol. The van der Waals surface area contributed by atoms with Gasteiger partial charge < -0.3 is 10.8 Å². The molecule has 0 fully saturated rings. The van der Waals surface area contributed by atoms with Crippen molar-refractivity contribution in [2.24, 2.45) is 5.73 Å². The molecule has 0 aliphatic heterocycles. The summed E-state index contributed by atoms with van der Waals surface area (Å²) in [6, 6.07) is -0.731. The maximum atomic E-state index is 9.57. The number of nitrogens with zero attached hydrogens (tertiary/aromatic N) is 1. The van der Waals surface area contributed by atoms with Crippen molar-refractivity contribution >= 4 is 5.97 Å². The quantitative estimate of drug-likeness (QED) is 0.442. The average Bonchev–Trinajstić information content (AvgIpc) is 1.36. The second-order valence-electron chi connectivity index (χ2n) is 1.13. The number of hydrogen-bond donors (Lipinski definition) is 2. The van der Waals surface area contributed by atoms with Crippen LogP contribution in [-0.2, 0) is 4.79 Å². The molecule has 0 rings (SSSR count). The lowest BCUT2D eigenvalue weighted by Crippen LogP contribution is -2.25. The van der Waals surface area contributed by atoms with Crippen molar-refractivity contribution in [1.29, 1.82) is 0 Å². The summed E-state index contributed by atoms with van der Waals surface area (Å²) in [5, 5.41) is 7.87. The van der Waals surface area contributed by atoms with Gasteiger partial charge in [-0.25, -0.2) is 0 Å². The van der Waals surface area contributed by atoms with Gasteiger partial charge in [0.05, 0.1) is 0 Å². The number of nitrogens with two attached hydrogens (primary N) is 1. The molecule has 1 atom stereocenters. The molecule has 3 radical (unpaired) electrons. The number of hydrogen-bond acceptors (Lipinski definition) is 2. The number of carboxylic acids is 1. The van der Waals surface area contributed by atoms with Gasteiger partial charge in [-0.15, -0.1) is 0 Å². The van der Waals surface area contributed by atoms with Crippen LogP contribution in [-0.4, -0.2) is 17.1 Å². The number of carboxylic acid groups (broad SMARTS) is 1. The van der Waals surface area contributed by atoms with Crippen LogP contribution < -0.4 is 11.9 Å². The standard InChI is InChI=1S/C3H7NO2.N/c1-2(4)3(5)6;/h2H,4H2,1H3,(H,5,6);/t2-;/m0./s1. The van der Waals surface area contributed by atoms with Crippen LogP contribution in [0.5, 0.6) is 0 Å². The van der Waals surface area contributed by atoms with E-state index in [1.807, 2.05) is 0 Å². The van der Waals surface area contributed by atoms with E-state index < -0.39 is 12.0 Å². The zero-order valence-electron chi connectivity index (χ0n) is 3.96. The van der Waals surface area contributed by atoms with Crippen LogP contribution in [0, 0.1) is 0 Å². The van der Waals surface area contributed by atoms with Crippen molar-refractivity contribution in [3.05, 3.63) is 0 Å². The van der Waals surface area contributed by atoms with Gasteiger partial charge in [-0.2, -0.15) is 0 Å².